The third-order valence-electron chi connectivity index (χ3n) is 3.74. The zero-order chi connectivity index (χ0) is 13.5. The number of hydrogen-bond acceptors (Lipinski definition) is 2. The van der Waals surface area contributed by atoms with E-state index in [1.807, 2.05) is 0 Å². The van der Waals surface area contributed by atoms with Gasteiger partial charge in [0.05, 0.1) is 6.61 Å². The Morgan fingerprint density at radius 2 is 2.05 bits per heavy atom. The fourth-order valence-electron chi connectivity index (χ4n) is 2.64. The molecule has 0 heterocycles. The molecule has 0 unspecified atom stereocenters. The van der Waals surface area contributed by atoms with Gasteiger partial charge in [-0.15, -0.1) is 0 Å². The largest absolute Gasteiger partial charge is 0.493 e. The Hall–Kier alpha value is -1.02. The molecular weight excluding hydrogens is 234 g/mol. The summed E-state index contributed by atoms with van der Waals surface area (Å²) in [6, 6.07) is 8.50. The summed E-state index contributed by atoms with van der Waals surface area (Å²) in [5.74, 6) is 2.50. The highest BCUT2D eigenvalue weighted by atomic mass is 16.5. The average Bonchev–Trinajstić information content (AvgIpc) is 2.89. The van der Waals surface area contributed by atoms with Crippen LogP contribution in [0.2, 0.25) is 0 Å². The van der Waals surface area contributed by atoms with Gasteiger partial charge in [-0.2, -0.15) is 0 Å². The molecule has 0 spiro atoms. The van der Waals surface area contributed by atoms with Gasteiger partial charge in [-0.1, -0.05) is 38.8 Å². The van der Waals surface area contributed by atoms with Crippen LogP contribution in [-0.2, 0) is 6.54 Å². The zero-order valence-electron chi connectivity index (χ0n) is 12.3. The van der Waals surface area contributed by atoms with Crippen LogP contribution in [0.4, 0.5) is 0 Å². The van der Waals surface area contributed by atoms with E-state index in [1.165, 1.54) is 31.2 Å². The molecule has 1 aliphatic rings. The highest BCUT2D eigenvalue weighted by molar-refractivity contribution is 5.28. The van der Waals surface area contributed by atoms with E-state index in [0.717, 1.165) is 31.4 Å². The third kappa shape index (κ3) is 5.23. The van der Waals surface area contributed by atoms with E-state index < -0.39 is 0 Å². The summed E-state index contributed by atoms with van der Waals surface area (Å²) in [5.41, 5.74) is 1.31. The molecule has 0 radical (unpaired) electrons. The predicted octanol–water partition coefficient (Wildman–Crippen LogP) is 4.00. The van der Waals surface area contributed by atoms with Crippen LogP contribution in [0.5, 0.6) is 5.75 Å². The van der Waals surface area contributed by atoms with E-state index in [1.54, 1.807) is 0 Å². The second-order valence-electron chi connectivity index (χ2n) is 6.13. The second kappa shape index (κ2) is 7.54. The fourth-order valence-corrected chi connectivity index (χ4v) is 2.64. The van der Waals surface area contributed by atoms with Gasteiger partial charge in [0.1, 0.15) is 5.75 Å². The summed E-state index contributed by atoms with van der Waals surface area (Å²) >= 11 is 0. The monoisotopic (exact) mass is 261 g/mol. The van der Waals surface area contributed by atoms with Gasteiger partial charge in [0.2, 0.25) is 0 Å². The van der Waals surface area contributed by atoms with Crippen LogP contribution in [0.25, 0.3) is 0 Å². The standard InChI is InChI=1S/C17H27NO/c1-14(2)11-18-12-16-8-5-9-17(10-16)19-13-15-6-3-4-7-15/h5,8-10,14-15,18H,3-4,6-7,11-13H2,1-2H3. The minimum atomic E-state index is 0.696. The second-order valence-corrected chi connectivity index (χ2v) is 6.13. The van der Waals surface area contributed by atoms with Crippen molar-refractivity contribution in [3.63, 3.8) is 0 Å². The van der Waals surface area contributed by atoms with E-state index in [4.69, 9.17) is 4.74 Å². The molecule has 1 aromatic rings. The molecule has 0 atom stereocenters. The summed E-state index contributed by atoms with van der Waals surface area (Å²) in [6.45, 7) is 7.34. The lowest BCUT2D eigenvalue weighted by molar-refractivity contribution is 0.252. The Morgan fingerprint density at radius 1 is 1.26 bits per heavy atom. The Kier molecular flexibility index (Phi) is 5.71. The fraction of sp³-hybridized carbons (Fsp3) is 0.647. The minimum Gasteiger partial charge on any atom is -0.493 e. The molecule has 0 amide bonds. The van der Waals surface area contributed by atoms with Crippen molar-refractivity contribution >= 4 is 0 Å². The van der Waals surface area contributed by atoms with E-state index in [-0.39, 0.29) is 0 Å². The molecule has 0 aromatic heterocycles. The molecule has 2 nitrogen and oxygen atoms in total. The van der Waals surface area contributed by atoms with Crippen LogP contribution in [0, 0.1) is 11.8 Å². The summed E-state index contributed by atoms with van der Waals surface area (Å²) in [7, 11) is 0. The lowest BCUT2D eigenvalue weighted by Gasteiger charge is -2.13. The molecule has 1 fully saturated rings. The highest BCUT2D eigenvalue weighted by Gasteiger charge is 2.15. The average molecular weight is 261 g/mol. The van der Waals surface area contributed by atoms with Gasteiger partial charge in [0.15, 0.2) is 0 Å². The maximum atomic E-state index is 5.93. The van der Waals surface area contributed by atoms with Gasteiger partial charge >= 0.3 is 0 Å². The van der Waals surface area contributed by atoms with Crippen molar-refractivity contribution in [3.8, 4) is 5.75 Å². The first-order valence-electron chi connectivity index (χ1n) is 7.66. The lowest BCUT2D eigenvalue weighted by atomic mass is 10.1. The van der Waals surface area contributed by atoms with Gasteiger partial charge in [0.25, 0.3) is 0 Å². The molecule has 1 aromatic carbocycles. The summed E-state index contributed by atoms with van der Waals surface area (Å²) in [5, 5.41) is 3.47. The van der Waals surface area contributed by atoms with Crippen molar-refractivity contribution in [1.82, 2.24) is 5.32 Å². The first-order valence-corrected chi connectivity index (χ1v) is 7.66. The van der Waals surface area contributed by atoms with Crippen LogP contribution in [0.15, 0.2) is 24.3 Å². The third-order valence-corrected chi connectivity index (χ3v) is 3.74. The van der Waals surface area contributed by atoms with Gasteiger partial charge in [-0.05, 0) is 48.9 Å². The van der Waals surface area contributed by atoms with Crippen LogP contribution in [-0.4, -0.2) is 13.2 Å². The van der Waals surface area contributed by atoms with Crippen molar-refractivity contribution in [3.05, 3.63) is 29.8 Å². The quantitative estimate of drug-likeness (QED) is 0.801. The van der Waals surface area contributed by atoms with Crippen molar-refractivity contribution in [2.75, 3.05) is 13.2 Å². The first-order chi connectivity index (χ1) is 9.24. The van der Waals surface area contributed by atoms with Crippen molar-refractivity contribution in [2.24, 2.45) is 11.8 Å². The molecule has 0 saturated heterocycles. The molecule has 1 aliphatic carbocycles. The number of nitrogens with one attached hydrogen (secondary N) is 1. The number of rotatable bonds is 7. The van der Waals surface area contributed by atoms with E-state index in [2.05, 4.69) is 43.4 Å². The first kappa shape index (κ1) is 14.4. The molecule has 1 saturated carbocycles. The van der Waals surface area contributed by atoms with Crippen molar-refractivity contribution in [1.29, 1.82) is 0 Å². The predicted molar refractivity (Wildman–Crippen MR) is 80.4 cm³/mol. The topological polar surface area (TPSA) is 21.3 Å². The van der Waals surface area contributed by atoms with Gasteiger partial charge < -0.3 is 10.1 Å². The van der Waals surface area contributed by atoms with Crippen molar-refractivity contribution in [2.45, 2.75) is 46.1 Å². The Morgan fingerprint density at radius 3 is 2.79 bits per heavy atom. The van der Waals surface area contributed by atoms with Gasteiger partial charge in [0, 0.05) is 6.54 Å². The summed E-state index contributed by atoms with van der Waals surface area (Å²) < 4.78 is 5.93. The van der Waals surface area contributed by atoms with E-state index in [0.29, 0.717) is 5.92 Å². The normalized spacial score (nSPS) is 16.2. The Balaban J connectivity index is 1.77. The van der Waals surface area contributed by atoms with E-state index in [9.17, 15) is 0 Å². The summed E-state index contributed by atoms with van der Waals surface area (Å²) in [4.78, 5) is 0. The molecule has 106 valence electrons. The molecule has 1 N–H and O–H groups in total. The number of ether oxygens (including phenoxy) is 1. The lowest BCUT2D eigenvalue weighted by Crippen LogP contribution is -2.18. The van der Waals surface area contributed by atoms with Gasteiger partial charge in [-0.25, -0.2) is 0 Å². The molecule has 2 rings (SSSR count). The molecule has 0 aliphatic heterocycles. The van der Waals surface area contributed by atoms with Crippen LogP contribution < -0.4 is 10.1 Å². The van der Waals surface area contributed by atoms with Crippen LogP contribution in [0.1, 0.15) is 45.1 Å². The zero-order valence-corrected chi connectivity index (χ0v) is 12.3. The Labute approximate surface area is 117 Å². The molecule has 2 heteroatoms. The smallest absolute Gasteiger partial charge is 0.119 e. The molecule has 0 bridgehead atoms. The van der Waals surface area contributed by atoms with E-state index >= 15 is 0 Å². The van der Waals surface area contributed by atoms with Crippen LogP contribution >= 0.6 is 0 Å². The number of hydrogen-bond donors (Lipinski definition) is 1. The highest BCUT2D eigenvalue weighted by Crippen LogP contribution is 2.25. The van der Waals surface area contributed by atoms with Crippen LogP contribution in [0.3, 0.4) is 0 Å². The summed E-state index contributed by atoms with van der Waals surface area (Å²) in [6.07, 6.45) is 5.45. The SMILES string of the molecule is CC(C)CNCc1cccc(OCC2CCCC2)c1. The maximum absolute atomic E-state index is 5.93. The maximum Gasteiger partial charge on any atom is 0.119 e. The molecule has 19 heavy (non-hydrogen) atoms. The Bertz CT molecular complexity index is 369. The minimum absolute atomic E-state index is 0.696. The van der Waals surface area contributed by atoms with Crippen molar-refractivity contribution < 1.29 is 4.74 Å². The number of benzene rings is 1. The molecular formula is C17H27NO. The van der Waals surface area contributed by atoms with Gasteiger partial charge in [-0.3, -0.25) is 0 Å².